The Labute approximate surface area is 159 Å². The van der Waals surface area contributed by atoms with E-state index in [2.05, 4.69) is 21.2 Å². The van der Waals surface area contributed by atoms with E-state index in [1.807, 2.05) is 18.2 Å². The predicted molar refractivity (Wildman–Crippen MR) is 98.5 cm³/mol. The Balaban J connectivity index is 1.67. The first-order valence-corrected chi connectivity index (χ1v) is 10.0. The van der Waals surface area contributed by atoms with Crippen molar-refractivity contribution >= 4 is 31.9 Å². The van der Waals surface area contributed by atoms with Crippen LogP contribution < -0.4 is 19.9 Å². The Kier molecular flexibility index (Phi) is 5.22. The molecule has 0 radical (unpaired) electrons. The number of hydrogen-bond donors (Lipinski definition) is 2. The van der Waals surface area contributed by atoms with Gasteiger partial charge < -0.3 is 14.8 Å². The fourth-order valence-electron chi connectivity index (χ4n) is 2.72. The van der Waals surface area contributed by atoms with Gasteiger partial charge in [0.05, 0.1) is 7.11 Å². The monoisotopic (exact) mass is 440 g/mol. The van der Waals surface area contributed by atoms with Gasteiger partial charge in [-0.15, -0.1) is 0 Å². The van der Waals surface area contributed by atoms with Crippen LogP contribution in [0.15, 0.2) is 45.8 Å². The van der Waals surface area contributed by atoms with Gasteiger partial charge in [0.2, 0.25) is 10.0 Å². The van der Waals surface area contributed by atoms with Crippen molar-refractivity contribution < 1.29 is 22.7 Å². The lowest BCUT2D eigenvalue weighted by Gasteiger charge is -2.13. The van der Waals surface area contributed by atoms with E-state index in [1.54, 1.807) is 6.07 Å². The second kappa shape index (κ2) is 7.26. The van der Waals surface area contributed by atoms with Gasteiger partial charge in [-0.1, -0.05) is 22.0 Å². The van der Waals surface area contributed by atoms with Gasteiger partial charge >= 0.3 is 0 Å². The molecule has 1 amide bonds. The molecule has 0 bridgehead atoms. The van der Waals surface area contributed by atoms with E-state index in [1.165, 1.54) is 19.2 Å². The summed E-state index contributed by atoms with van der Waals surface area (Å²) in [4.78, 5) is 12.2. The maximum atomic E-state index is 12.4. The maximum Gasteiger partial charge on any atom is 0.261 e. The van der Waals surface area contributed by atoms with Gasteiger partial charge in [-0.05, 0) is 41.5 Å². The smallest absolute Gasteiger partial charge is 0.261 e. The number of primary sulfonamides is 1. The number of nitrogens with one attached hydrogen (secondary N) is 1. The van der Waals surface area contributed by atoms with Gasteiger partial charge in [0.25, 0.3) is 5.91 Å². The van der Waals surface area contributed by atoms with Crippen molar-refractivity contribution in [1.82, 2.24) is 5.32 Å². The molecule has 138 valence electrons. The molecule has 0 spiro atoms. The van der Waals surface area contributed by atoms with Crippen LogP contribution in [0.1, 0.15) is 11.1 Å². The molecule has 1 aliphatic heterocycles. The highest BCUT2D eigenvalue weighted by Gasteiger charge is 2.29. The summed E-state index contributed by atoms with van der Waals surface area (Å²) >= 11 is 3.39. The van der Waals surface area contributed by atoms with Crippen LogP contribution in [0.5, 0.6) is 11.5 Å². The van der Waals surface area contributed by atoms with Crippen molar-refractivity contribution in [2.24, 2.45) is 5.14 Å². The fraction of sp³-hybridized carbons (Fsp3) is 0.235. The van der Waals surface area contributed by atoms with Crippen molar-refractivity contribution in [3.05, 3.63) is 52.0 Å². The minimum absolute atomic E-state index is 0.124. The SMILES string of the molecule is COc1ccc(CNC(=O)C2Cc3cc(Br)ccc3O2)cc1S(N)(=O)=O. The van der Waals surface area contributed by atoms with Crippen LogP contribution in [-0.4, -0.2) is 27.5 Å². The molecule has 1 atom stereocenters. The minimum atomic E-state index is -3.93. The Morgan fingerprint density at radius 3 is 2.81 bits per heavy atom. The molecule has 0 aromatic heterocycles. The van der Waals surface area contributed by atoms with Crippen molar-refractivity contribution in [2.75, 3.05) is 7.11 Å². The van der Waals surface area contributed by atoms with E-state index in [4.69, 9.17) is 14.6 Å². The van der Waals surface area contributed by atoms with Crippen LogP contribution >= 0.6 is 15.9 Å². The second-order valence-corrected chi connectivity index (χ2v) is 8.26. The molecule has 1 heterocycles. The second-order valence-electron chi connectivity index (χ2n) is 5.81. The Morgan fingerprint density at radius 2 is 2.12 bits per heavy atom. The zero-order valence-corrected chi connectivity index (χ0v) is 16.3. The highest BCUT2D eigenvalue weighted by Crippen LogP contribution is 2.31. The van der Waals surface area contributed by atoms with E-state index < -0.39 is 16.1 Å². The summed E-state index contributed by atoms with van der Waals surface area (Å²) in [5.41, 5.74) is 1.54. The first-order chi connectivity index (χ1) is 12.3. The number of carbonyl (C=O) groups is 1. The van der Waals surface area contributed by atoms with Crippen molar-refractivity contribution in [3.63, 3.8) is 0 Å². The van der Waals surface area contributed by atoms with Crippen LogP contribution in [-0.2, 0) is 27.8 Å². The summed E-state index contributed by atoms with van der Waals surface area (Å²) in [5, 5.41) is 7.95. The number of halogens is 1. The molecule has 1 unspecified atom stereocenters. The number of sulfonamides is 1. The molecule has 1 aliphatic rings. The number of carbonyl (C=O) groups excluding carboxylic acids is 1. The minimum Gasteiger partial charge on any atom is -0.495 e. The molecule has 3 rings (SSSR count). The number of nitrogens with two attached hydrogens (primary N) is 1. The number of rotatable bonds is 5. The maximum absolute atomic E-state index is 12.4. The van der Waals surface area contributed by atoms with Gasteiger partial charge in [-0.25, -0.2) is 13.6 Å². The lowest BCUT2D eigenvalue weighted by molar-refractivity contribution is -0.127. The van der Waals surface area contributed by atoms with E-state index in [-0.39, 0.29) is 23.1 Å². The largest absolute Gasteiger partial charge is 0.495 e. The molecule has 9 heteroatoms. The van der Waals surface area contributed by atoms with Crippen molar-refractivity contribution in [2.45, 2.75) is 24.0 Å². The third-order valence-electron chi connectivity index (χ3n) is 3.99. The molecule has 26 heavy (non-hydrogen) atoms. The molecular weight excluding hydrogens is 424 g/mol. The van der Waals surface area contributed by atoms with Crippen LogP contribution in [0.3, 0.4) is 0 Å². The molecule has 0 saturated carbocycles. The molecular formula is C17H17BrN2O5S. The standard InChI is InChI=1S/C17H17BrN2O5S/c1-24-14-4-2-10(6-16(14)26(19,22)23)9-20-17(21)15-8-11-7-12(18)3-5-13(11)25-15/h2-7,15H,8-9H2,1H3,(H,20,21)(H2,19,22,23). The zero-order valence-electron chi connectivity index (χ0n) is 13.9. The topological polar surface area (TPSA) is 108 Å². The molecule has 0 aliphatic carbocycles. The van der Waals surface area contributed by atoms with E-state index in [0.29, 0.717) is 17.7 Å². The number of fused-ring (bicyclic) bond motifs is 1. The summed E-state index contributed by atoms with van der Waals surface area (Å²) in [6.45, 7) is 0.144. The fourth-order valence-corrected chi connectivity index (χ4v) is 3.88. The summed E-state index contributed by atoms with van der Waals surface area (Å²) in [6, 6.07) is 10.1. The van der Waals surface area contributed by atoms with Crippen LogP contribution in [0.25, 0.3) is 0 Å². The first kappa shape index (κ1) is 18.7. The van der Waals surface area contributed by atoms with E-state index in [0.717, 1.165) is 10.0 Å². The summed E-state index contributed by atoms with van der Waals surface area (Å²) in [5.74, 6) is 0.572. The number of methoxy groups -OCH3 is 1. The zero-order chi connectivity index (χ0) is 18.9. The van der Waals surface area contributed by atoms with Gasteiger partial charge in [0.1, 0.15) is 16.4 Å². The van der Waals surface area contributed by atoms with Crippen molar-refractivity contribution in [1.29, 1.82) is 0 Å². The quantitative estimate of drug-likeness (QED) is 0.735. The average Bonchev–Trinajstić information content (AvgIpc) is 3.01. The van der Waals surface area contributed by atoms with E-state index >= 15 is 0 Å². The molecule has 3 N–H and O–H groups in total. The Bertz CT molecular complexity index is 962. The van der Waals surface area contributed by atoms with Gasteiger partial charge in [-0.3, -0.25) is 4.79 Å². The van der Waals surface area contributed by atoms with Crippen molar-refractivity contribution in [3.8, 4) is 11.5 Å². The molecule has 0 fully saturated rings. The molecule has 0 saturated heterocycles. The highest BCUT2D eigenvalue weighted by molar-refractivity contribution is 9.10. The number of ether oxygens (including phenoxy) is 2. The van der Waals surface area contributed by atoms with Gasteiger partial charge in [0, 0.05) is 17.4 Å². The third kappa shape index (κ3) is 4.00. The summed E-state index contributed by atoms with van der Waals surface area (Å²) in [7, 11) is -2.57. The normalized spacial score (nSPS) is 15.9. The lowest BCUT2D eigenvalue weighted by atomic mass is 10.1. The lowest BCUT2D eigenvalue weighted by Crippen LogP contribution is -2.37. The molecule has 2 aromatic rings. The van der Waals surface area contributed by atoms with Gasteiger partial charge in [0.15, 0.2) is 6.10 Å². The van der Waals surface area contributed by atoms with Crippen LogP contribution in [0.2, 0.25) is 0 Å². The molecule has 7 nitrogen and oxygen atoms in total. The third-order valence-corrected chi connectivity index (χ3v) is 5.42. The summed E-state index contributed by atoms with van der Waals surface area (Å²) < 4.78 is 34.9. The first-order valence-electron chi connectivity index (χ1n) is 7.70. The summed E-state index contributed by atoms with van der Waals surface area (Å²) in [6.07, 6.45) is -0.138. The Hall–Kier alpha value is -2.10. The number of amides is 1. The number of benzene rings is 2. The van der Waals surface area contributed by atoms with Crippen LogP contribution in [0.4, 0.5) is 0 Å². The van der Waals surface area contributed by atoms with Gasteiger partial charge in [-0.2, -0.15) is 0 Å². The van der Waals surface area contributed by atoms with E-state index in [9.17, 15) is 13.2 Å². The van der Waals surface area contributed by atoms with Crippen LogP contribution in [0, 0.1) is 0 Å². The molecule has 2 aromatic carbocycles. The Morgan fingerprint density at radius 1 is 1.35 bits per heavy atom. The average molecular weight is 441 g/mol. The highest BCUT2D eigenvalue weighted by atomic mass is 79.9. The predicted octanol–water partition coefficient (Wildman–Crippen LogP) is 1.72. The number of hydrogen-bond acceptors (Lipinski definition) is 5.